The van der Waals surface area contributed by atoms with Crippen LogP contribution in [-0.4, -0.2) is 44.3 Å². The third-order valence-electron chi connectivity index (χ3n) is 6.60. The van der Waals surface area contributed by atoms with Gasteiger partial charge in [-0.15, -0.1) is 0 Å². The summed E-state index contributed by atoms with van der Waals surface area (Å²) < 4.78 is 0. The van der Waals surface area contributed by atoms with Gasteiger partial charge >= 0.3 is 23.9 Å². The molecule has 8 heteroatoms. The van der Waals surface area contributed by atoms with Crippen molar-refractivity contribution in [2.75, 3.05) is 0 Å². The number of carboxylic acid groups (broad SMARTS) is 4. The second-order valence-corrected chi connectivity index (χ2v) is 9.34. The van der Waals surface area contributed by atoms with E-state index in [1.54, 1.807) is 0 Å². The summed E-state index contributed by atoms with van der Waals surface area (Å²) in [6.07, 6.45) is 1.83. The van der Waals surface area contributed by atoms with E-state index >= 15 is 0 Å². The molecular formula is C18H24O8. The molecule has 4 N–H and O–H groups in total. The fraction of sp³-hybridized carbons (Fsp3) is 0.778. The lowest BCUT2D eigenvalue weighted by atomic mass is 9.33. The number of hydrogen-bond donors (Lipinski definition) is 4. The van der Waals surface area contributed by atoms with Gasteiger partial charge in [-0.1, -0.05) is 0 Å². The predicted octanol–water partition coefficient (Wildman–Crippen LogP) is 2.21. The lowest BCUT2D eigenvalue weighted by Gasteiger charge is -2.70. The van der Waals surface area contributed by atoms with Crippen molar-refractivity contribution in [1.29, 1.82) is 0 Å². The monoisotopic (exact) mass is 368 g/mol. The lowest BCUT2D eigenvalue weighted by molar-refractivity contribution is -0.217. The molecule has 4 rings (SSSR count). The quantitative estimate of drug-likeness (QED) is 0.509. The van der Waals surface area contributed by atoms with Gasteiger partial charge in [0.05, 0.1) is 25.7 Å². The molecule has 4 saturated carbocycles. The highest BCUT2D eigenvalue weighted by Crippen LogP contribution is 2.76. The summed E-state index contributed by atoms with van der Waals surface area (Å²) in [5.41, 5.74) is -2.89. The van der Waals surface area contributed by atoms with Gasteiger partial charge in [-0.2, -0.15) is 0 Å². The van der Waals surface area contributed by atoms with Gasteiger partial charge in [-0.25, -0.2) is 0 Å². The zero-order valence-corrected chi connectivity index (χ0v) is 14.5. The minimum atomic E-state index is -1.01. The first-order valence-corrected chi connectivity index (χ1v) is 8.78. The molecule has 144 valence electrons. The van der Waals surface area contributed by atoms with Crippen molar-refractivity contribution in [3.63, 3.8) is 0 Å². The molecule has 0 saturated heterocycles. The molecule has 0 heterocycles. The number of aliphatic carboxylic acids is 4. The Bertz CT molecular complexity index is 529. The summed E-state index contributed by atoms with van der Waals surface area (Å²) in [6.45, 7) is 0. The van der Waals surface area contributed by atoms with E-state index in [0.29, 0.717) is 38.5 Å². The molecule has 4 aliphatic carbocycles. The van der Waals surface area contributed by atoms with E-state index in [2.05, 4.69) is 0 Å². The van der Waals surface area contributed by atoms with Gasteiger partial charge in [0.25, 0.3) is 0 Å². The van der Waals surface area contributed by atoms with Crippen LogP contribution in [0, 0.1) is 21.7 Å². The topological polar surface area (TPSA) is 149 Å². The predicted molar refractivity (Wildman–Crippen MR) is 86.4 cm³/mol. The average Bonchev–Trinajstić information content (AvgIpc) is 2.28. The van der Waals surface area contributed by atoms with Crippen molar-refractivity contribution in [3.05, 3.63) is 0 Å². The highest BCUT2D eigenvalue weighted by atomic mass is 16.4. The van der Waals surface area contributed by atoms with Crippen molar-refractivity contribution < 1.29 is 39.6 Å². The van der Waals surface area contributed by atoms with Crippen LogP contribution < -0.4 is 0 Å². The molecule has 26 heavy (non-hydrogen) atoms. The molecule has 4 bridgehead atoms. The van der Waals surface area contributed by atoms with E-state index in [4.69, 9.17) is 0 Å². The molecule has 8 nitrogen and oxygen atoms in total. The second kappa shape index (κ2) is 5.69. The first-order chi connectivity index (χ1) is 11.9. The van der Waals surface area contributed by atoms with Gasteiger partial charge in [-0.05, 0) is 60.2 Å². The minimum Gasteiger partial charge on any atom is -0.481 e. The Balaban J connectivity index is 2.10. The smallest absolute Gasteiger partial charge is 0.303 e. The highest BCUT2D eigenvalue weighted by Gasteiger charge is 2.69. The number of carboxylic acids is 4. The summed E-state index contributed by atoms with van der Waals surface area (Å²) in [5.74, 6) is -4.02. The summed E-state index contributed by atoms with van der Waals surface area (Å²) in [4.78, 5) is 46.1. The van der Waals surface area contributed by atoms with Crippen molar-refractivity contribution in [2.45, 2.75) is 64.2 Å². The van der Waals surface area contributed by atoms with Gasteiger partial charge in [0.15, 0.2) is 0 Å². The fourth-order valence-corrected chi connectivity index (χ4v) is 7.56. The highest BCUT2D eigenvalue weighted by molar-refractivity contribution is 5.72. The molecular weight excluding hydrogens is 344 g/mol. The average molecular weight is 368 g/mol. The van der Waals surface area contributed by atoms with Gasteiger partial charge in [0, 0.05) is 0 Å². The third-order valence-corrected chi connectivity index (χ3v) is 6.60. The molecule has 0 aromatic rings. The van der Waals surface area contributed by atoms with Gasteiger partial charge in [-0.3, -0.25) is 19.2 Å². The van der Waals surface area contributed by atoms with Crippen molar-refractivity contribution in [1.82, 2.24) is 0 Å². The third kappa shape index (κ3) is 3.29. The van der Waals surface area contributed by atoms with Crippen molar-refractivity contribution in [2.24, 2.45) is 21.7 Å². The first kappa shape index (κ1) is 18.7. The summed E-state index contributed by atoms with van der Waals surface area (Å²) in [6, 6.07) is 0. The molecule has 0 aromatic heterocycles. The lowest BCUT2D eigenvalue weighted by Crippen LogP contribution is -2.62. The fourth-order valence-electron chi connectivity index (χ4n) is 7.56. The zero-order chi connectivity index (χ0) is 19.4. The Morgan fingerprint density at radius 1 is 0.462 bits per heavy atom. The Labute approximate surface area is 150 Å². The Kier molecular flexibility index (Phi) is 4.08. The first-order valence-electron chi connectivity index (χ1n) is 8.78. The molecule has 0 unspecified atom stereocenters. The van der Waals surface area contributed by atoms with Crippen LogP contribution in [0.5, 0.6) is 0 Å². The number of carbonyl (C=O) groups is 4. The Morgan fingerprint density at radius 2 is 0.615 bits per heavy atom. The minimum absolute atomic E-state index is 0.170. The van der Waals surface area contributed by atoms with Gasteiger partial charge < -0.3 is 20.4 Å². The van der Waals surface area contributed by atoms with E-state index < -0.39 is 45.5 Å². The Morgan fingerprint density at radius 3 is 0.731 bits per heavy atom. The van der Waals surface area contributed by atoms with Crippen LogP contribution >= 0.6 is 0 Å². The number of hydrogen-bond acceptors (Lipinski definition) is 4. The molecule has 0 atom stereocenters. The Hall–Kier alpha value is -2.12. The van der Waals surface area contributed by atoms with E-state index in [0.717, 1.165) is 0 Å². The summed E-state index contributed by atoms with van der Waals surface area (Å²) >= 11 is 0. The maximum Gasteiger partial charge on any atom is 0.303 e. The molecule has 0 amide bonds. The molecule has 4 fully saturated rings. The molecule has 0 spiro atoms. The van der Waals surface area contributed by atoms with Crippen LogP contribution in [0.15, 0.2) is 0 Å². The maximum atomic E-state index is 11.5. The second-order valence-electron chi connectivity index (χ2n) is 9.34. The van der Waals surface area contributed by atoms with Crippen LogP contribution in [0.25, 0.3) is 0 Å². The normalized spacial score (nSPS) is 40.3. The van der Waals surface area contributed by atoms with E-state index in [1.165, 1.54) is 0 Å². The van der Waals surface area contributed by atoms with Crippen LogP contribution in [0.1, 0.15) is 64.2 Å². The molecule has 0 radical (unpaired) electrons. The van der Waals surface area contributed by atoms with Crippen molar-refractivity contribution >= 4 is 23.9 Å². The largest absolute Gasteiger partial charge is 0.481 e. The van der Waals surface area contributed by atoms with Crippen LogP contribution in [0.3, 0.4) is 0 Å². The van der Waals surface area contributed by atoms with Crippen LogP contribution in [0.4, 0.5) is 0 Å². The molecule has 0 aromatic carbocycles. The van der Waals surface area contributed by atoms with Crippen molar-refractivity contribution in [3.8, 4) is 0 Å². The SMILES string of the molecule is O=C(O)CC12CC3(CC(=O)O)CC(CC(=O)O)(C1)CC(CC(=O)O)(C2)C3. The molecule has 0 aliphatic heterocycles. The summed E-state index contributed by atoms with van der Waals surface area (Å²) in [5, 5.41) is 37.7. The van der Waals surface area contributed by atoms with Crippen LogP contribution in [0.2, 0.25) is 0 Å². The van der Waals surface area contributed by atoms with E-state index in [-0.39, 0.29) is 25.7 Å². The zero-order valence-electron chi connectivity index (χ0n) is 14.5. The number of rotatable bonds is 8. The molecule has 4 aliphatic rings. The maximum absolute atomic E-state index is 11.5. The summed E-state index contributed by atoms with van der Waals surface area (Å²) in [7, 11) is 0. The van der Waals surface area contributed by atoms with Gasteiger partial charge in [0.2, 0.25) is 0 Å². The van der Waals surface area contributed by atoms with E-state index in [9.17, 15) is 39.6 Å². The van der Waals surface area contributed by atoms with E-state index in [1.807, 2.05) is 0 Å². The standard InChI is InChI=1S/C18H24O8/c19-11(20)1-15-5-16(2-12(21)22)8-17(6-15,3-13(23)24)10-18(7-15,9-16)4-14(25)26/h1-10H2,(H,19,20)(H,21,22)(H,23,24)(H,25,26). The van der Waals surface area contributed by atoms with Crippen LogP contribution in [-0.2, 0) is 19.2 Å². The van der Waals surface area contributed by atoms with Gasteiger partial charge in [0.1, 0.15) is 0 Å².